The Morgan fingerprint density at radius 1 is 1.38 bits per heavy atom. The molecule has 0 radical (unpaired) electrons. The maximum atomic E-state index is 11.1. The highest BCUT2D eigenvalue weighted by molar-refractivity contribution is 9.10. The smallest absolute Gasteiger partial charge is 0.147 e. The maximum Gasteiger partial charge on any atom is 0.147 e. The molecule has 0 aliphatic heterocycles. The molecule has 70 valence electrons. The number of halogens is 2. The van der Waals surface area contributed by atoms with E-state index in [2.05, 4.69) is 31.9 Å². The Morgan fingerprint density at radius 2 is 2.00 bits per heavy atom. The van der Waals surface area contributed by atoms with E-state index in [9.17, 15) is 4.79 Å². The van der Waals surface area contributed by atoms with Crippen LogP contribution in [0.15, 0.2) is 22.7 Å². The SMILES string of the molecule is CC(=O)C(Br)c1cc(C)cc(Br)c1. The summed E-state index contributed by atoms with van der Waals surface area (Å²) in [6.07, 6.45) is 0. The van der Waals surface area contributed by atoms with E-state index in [4.69, 9.17) is 0 Å². The third-order valence-electron chi connectivity index (χ3n) is 1.71. The van der Waals surface area contributed by atoms with Gasteiger partial charge >= 0.3 is 0 Å². The molecule has 0 amide bonds. The normalized spacial score (nSPS) is 12.6. The summed E-state index contributed by atoms with van der Waals surface area (Å²) in [6, 6.07) is 5.97. The van der Waals surface area contributed by atoms with Crippen molar-refractivity contribution in [2.45, 2.75) is 18.7 Å². The van der Waals surface area contributed by atoms with Gasteiger partial charge in [-0.3, -0.25) is 4.79 Å². The molecular weight excluding hydrogens is 296 g/mol. The molecule has 0 saturated carbocycles. The largest absolute Gasteiger partial charge is 0.298 e. The first kappa shape index (κ1) is 10.9. The molecule has 1 atom stereocenters. The third-order valence-corrected chi connectivity index (χ3v) is 3.35. The third kappa shape index (κ3) is 2.92. The molecule has 0 N–H and O–H groups in total. The number of hydrogen-bond acceptors (Lipinski definition) is 1. The molecule has 3 heteroatoms. The molecule has 0 aromatic heterocycles. The van der Waals surface area contributed by atoms with Crippen LogP contribution in [-0.2, 0) is 4.79 Å². The van der Waals surface area contributed by atoms with Crippen LogP contribution in [0.3, 0.4) is 0 Å². The summed E-state index contributed by atoms with van der Waals surface area (Å²) in [7, 11) is 0. The minimum atomic E-state index is -0.191. The van der Waals surface area contributed by atoms with Crippen molar-refractivity contribution in [3.05, 3.63) is 33.8 Å². The number of hydrogen-bond donors (Lipinski definition) is 0. The fourth-order valence-electron chi connectivity index (χ4n) is 1.15. The predicted molar refractivity (Wildman–Crippen MR) is 61.2 cm³/mol. The van der Waals surface area contributed by atoms with Crippen LogP contribution in [0.1, 0.15) is 22.9 Å². The van der Waals surface area contributed by atoms with Crippen LogP contribution in [-0.4, -0.2) is 5.78 Å². The minimum Gasteiger partial charge on any atom is -0.298 e. The molecular formula is C10H10Br2O. The molecule has 0 aliphatic carbocycles. The Kier molecular flexibility index (Phi) is 3.68. The number of carbonyl (C=O) groups excluding carboxylic acids is 1. The van der Waals surface area contributed by atoms with Gasteiger partial charge in [-0.15, -0.1) is 0 Å². The van der Waals surface area contributed by atoms with E-state index in [-0.39, 0.29) is 10.6 Å². The molecule has 0 fully saturated rings. The highest BCUT2D eigenvalue weighted by Gasteiger charge is 2.12. The van der Waals surface area contributed by atoms with Crippen LogP contribution < -0.4 is 0 Å². The van der Waals surface area contributed by atoms with Gasteiger partial charge in [-0.25, -0.2) is 0 Å². The van der Waals surface area contributed by atoms with E-state index in [1.807, 2.05) is 25.1 Å². The standard InChI is InChI=1S/C10H10Br2O/c1-6-3-8(5-9(11)4-6)10(12)7(2)13/h3-5,10H,1-2H3. The second-order valence-corrected chi connectivity index (χ2v) is 4.87. The molecule has 1 aromatic rings. The van der Waals surface area contributed by atoms with Gasteiger partial charge in [-0.1, -0.05) is 37.9 Å². The fraction of sp³-hybridized carbons (Fsp3) is 0.300. The first-order chi connectivity index (χ1) is 6.00. The van der Waals surface area contributed by atoms with E-state index < -0.39 is 0 Å². The zero-order valence-corrected chi connectivity index (χ0v) is 10.6. The Balaban J connectivity index is 3.07. The van der Waals surface area contributed by atoms with Crippen LogP contribution in [0.4, 0.5) is 0 Å². The number of aryl methyl sites for hydroxylation is 1. The van der Waals surface area contributed by atoms with E-state index in [0.717, 1.165) is 15.6 Å². The summed E-state index contributed by atoms with van der Waals surface area (Å²) in [5.41, 5.74) is 2.15. The average molecular weight is 306 g/mol. The van der Waals surface area contributed by atoms with E-state index in [0.29, 0.717) is 0 Å². The van der Waals surface area contributed by atoms with Crippen molar-refractivity contribution in [2.24, 2.45) is 0 Å². The summed E-state index contributed by atoms with van der Waals surface area (Å²) in [4.78, 5) is 10.9. The molecule has 0 aliphatic rings. The lowest BCUT2D eigenvalue weighted by Crippen LogP contribution is -2.01. The zero-order valence-electron chi connectivity index (χ0n) is 7.47. The molecule has 0 spiro atoms. The van der Waals surface area contributed by atoms with Gasteiger partial charge in [0.1, 0.15) is 5.78 Å². The molecule has 1 nitrogen and oxygen atoms in total. The fourth-order valence-corrected chi connectivity index (χ4v) is 2.04. The number of carbonyl (C=O) groups is 1. The van der Waals surface area contributed by atoms with Gasteiger partial charge in [-0.2, -0.15) is 0 Å². The summed E-state index contributed by atoms with van der Waals surface area (Å²) in [6.45, 7) is 3.59. The average Bonchev–Trinajstić information content (AvgIpc) is 2.01. The van der Waals surface area contributed by atoms with Crippen LogP contribution in [0.5, 0.6) is 0 Å². The van der Waals surface area contributed by atoms with Gasteiger partial charge in [0, 0.05) is 4.47 Å². The molecule has 13 heavy (non-hydrogen) atoms. The summed E-state index contributed by atoms with van der Waals surface area (Å²) in [5.74, 6) is 0.123. The Labute approximate surface area is 94.8 Å². The van der Waals surface area contributed by atoms with Crippen LogP contribution in [0, 0.1) is 6.92 Å². The lowest BCUT2D eigenvalue weighted by atomic mass is 10.1. The summed E-state index contributed by atoms with van der Waals surface area (Å²) >= 11 is 6.75. The van der Waals surface area contributed by atoms with Crippen molar-refractivity contribution in [2.75, 3.05) is 0 Å². The lowest BCUT2D eigenvalue weighted by Gasteiger charge is -2.07. The Morgan fingerprint density at radius 3 is 2.46 bits per heavy atom. The van der Waals surface area contributed by atoms with Crippen molar-refractivity contribution >= 4 is 37.6 Å². The van der Waals surface area contributed by atoms with Crippen LogP contribution in [0.2, 0.25) is 0 Å². The van der Waals surface area contributed by atoms with Crippen molar-refractivity contribution in [1.29, 1.82) is 0 Å². The van der Waals surface area contributed by atoms with Crippen LogP contribution in [0.25, 0.3) is 0 Å². The van der Waals surface area contributed by atoms with Crippen LogP contribution >= 0.6 is 31.9 Å². The number of ketones is 1. The number of alkyl halides is 1. The molecule has 1 unspecified atom stereocenters. The van der Waals surface area contributed by atoms with Gasteiger partial charge in [0.15, 0.2) is 0 Å². The van der Waals surface area contributed by atoms with Crippen molar-refractivity contribution in [3.63, 3.8) is 0 Å². The van der Waals surface area contributed by atoms with E-state index >= 15 is 0 Å². The highest BCUT2D eigenvalue weighted by Crippen LogP contribution is 2.27. The first-order valence-corrected chi connectivity index (χ1v) is 5.63. The second-order valence-electron chi connectivity index (χ2n) is 3.04. The van der Waals surface area contributed by atoms with Gasteiger partial charge in [0.05, 0.1) is 4.83 Å². The van der Waals surface area contributed by atoms with Gasteiger partial charge < -0.3 is 0 Å². The molecule has 0 saturated heterocycles. The van der Waals surface area contributed by atoms with Crippen molar-refractivity contribution < 1.29 is 4.79 Å². The van der Waals surface area contributed by atoms with Gasteiger partial charge in [0.25, 0.3) is 0 Å². The van der Waals surface area contributed by atoms with E-state index in [1.165, 1.54) is 0 Å². The summed E-state index contributed by atoms with van der Waals surface area (Å²) < 4.78 is 1.01. The Bertz CT molecular complexity index is 313. The molecule has 1 rings (SSSR count). The second kappa shape index (κ2) is 4.38. The lowest BCUT2D eigenvalue weighted by molar-refractivity contribution is -0.116. The minimum absolute atomic E-state index is 0.123. The molecule has 0 bridgehead atoms. The maximum absolute atomic E-state index is 11.1. The van der Waals surface area contributed by atoms with Gasteiger partial charge in [0.2, 0.25) is 0 Å². The number of rotatable bonds is 2. The predicted octanol–water partition coefficient (Wildman–Crippen LogP) is 3.78. The Hall–Kier alpha value is -0.150. The summed E-state index contributed by atoms with van der Waals surface area (Å²) in [5, 5.41) is 0. The van der Waals surface area contributed by atoms with Gasteiger partial charge in [-0.05, 0) is 37.1 Å². The number of benzene rings is 1. The highest BCUT2D eigenvalue weighted by atomic mass is 79.9. The van der Waals surface area contributed by atoms with Crippen molar-refractivity contribution in [1.82, 2.24) is 0 Å². The van der Waals surface area contributed by atoms with E-state index in [1.54, 1.807) is 6.92 Å². The number of Topliss-reactive ketones (excluding diaryl/α,β-unsaturated/α-hetero) is 1. The molecule has 0 heterocycles. The quantitative estimate of drug-likeness (QED) is 0.760. The van der Waals surface area contributed by atoms with Crippen molar-refractivity contribution in [3.8, 4) is 0 Å². The molecule has 1 aromatic carbocycles. The monoisotopic (exact) mass is 304 g/mol. The first-order valence-electron chi connectivity index (χ1n) is 3.92. The topological polar surface area (TPSA) is 17.1 Å². The zero-order chi connectivity index (χ0) is 10.0.